The van der Waals surface area contributed by atoms with E-state index in [-0.39, 0.29) is 11.2 Å². The molecule has 0 radical (unpaired) electrons. The zero-order valence-electron chi connectivity index (χ0n) is 9.56. The van der Waals surface area contributed by atoms with Gasteiger partial charge in [-0.25, -0.2) is 0 Å². The Labute approximate surface area is 95.3 Å². The minimum Gasteiger partial charge on any atom is -0.480 e. The summed E-state index contributed by atoms with van der Waals surface area (Å²) in [6, 6.07) is 0. The molecule has 0 spiro atoms. The summed E-state index contributed by atoms with van der Waals surface area (Å²) < 4.78 is 10.1. The number of carboxylic acids is 1. The summed E-state index contributed by atoms with van der Waals surface area (Å²) in [7, 11) is 1.62. The van der Waals surface area contributed by atoms with Crippen LogP contribution in [0.5, 0.6) is 0 Å². The van der Waals surface area contributed by atoms with Crippen LogP contribution in [0.2, 0.25) is 0 Å². The molecule has 5 heteroatoms. The van der Waals surface area contributed by atoms with Crippen LogP contribution in [-0.4, -0.2) is 49.0 Å². The highest BCUT2D eigenvalue weighted by Crippen LogP contribution is 2.19. The first-order chi connectivity index (χ1) is 7.09. The summed E-state index contributed by atoms with van der Waals surface area (Å²) in [5.74, 6) is 0.108. The van der Waals surface area contributed by atoms with Gasteiger partial charge in [0, 0.05) is 12.9 Å². The molecule has 0 amide bonds. The number of hydrogen-bond donors (Lipinski definition) is 1. The highest BCUT2D eigenvalue weighted by atomic mass is 32.2. The summed E-state index contributed by atoms with van der Waals surface area (Å²) in [6.45, 7) is 5.55. The van der Waals surface area contributed by atoms with Gasteiger partial charge in [-0.15, -0.1) is 11.8 Å². The van der Waals surface area contributed by atoms with E-state index in [1.807, 2.05) is 13.8 Å². The molecule has 1 atom stereocenters. The minimum atomic E-state index is -0.744. The molecular weight excluding hydrogens is 216 g/mol. The zero-order valence-corrected chi connectivity index (χ0v) is 10.4. The van der Waals surface area contributed by atoms with Crippen molar-refractivity contribution in [2.45, 2.75) is 19.1 Å². The van der Waals surface area contributed by atoms with Gasteiger partial charge >= 0.3 is 5.97 Å². The van der Waals surface area contributed by atoms with E-state index in [0.717, 1.165) is 0 Å². The first kappa shape index (κ1) is 14.7. The monoisotopic (exact) mass is 236 g/mol. The number of aliphatic carboxylic acids is 1. The molecule has 0 rings (SSSR count). The van der Waals surface area contributed by atoms with Gasteiger partial charge < -0.3 is 14.6 Å². The predicted octanol–water partition coefficient (Wildman–Crippen LogP) is 1.49. The van der Waals surface area contributed by atoms with Crippen molar-refractivity contribution in [3.8, 4) is 0 Å². The van der Waals surface area contributed by atoms with Crippen molar-refractivity contribution in [2.24, 2.45) is 5.92 Å². The average Bonchev–Trinajstić information content (AvgIpc) is 2.15. The number of methoxy groups -OCH3 is 1. The third-order valence-electron chi connectivity index (χ3n) is 1.81. The Morgan fingerprint density at radius 1 is 1.33 bits per heavy atom. The second kappa shape index (κ2) is 9.00. The van der Waals surface area contributed by atoms with E-state index >= 15 is 0 Å². The fourth-order valence-corrected chi connectivity index (χ4v) is 2.02. The van der Waals surface area contributed by atoms with Gasteiger partial charge in [0.1, 0.15) is 5.25 Å². The van der Waals surface area contributed by atoms with Gasteiger partial charge in [-0.2, -0.15) is 0 Å². The average molecular weight is 236 g/mol. The summed E-state index contributed by atoms with van der Waals surface area (Å²) in [4.78, 5) is 10.8. The van der Waals surface area contributed by atoms with Crippen LogP contribution in [0.4, 0.5) is 0 Å². The first-order valence-corrected chi connectivity index (χ1v) is 6.05. The standard InChI is InChI=1S/C10H20O4S/c1-8(2)9(10(11)12)15-7-6-14-5-4-13-3/h8-9H,4-7H2,1-3H3,(H,11,12). The van der Waals surface area contributed by atoms with E-state index in [4.69, 9.17) is 14.6 Å². The SMILES string of the molecule is COCCOCCSC(C(=O)O)C(C)C. The van der Waals surface area contributed by atoms with E-state index < -0.39 is 5.97 Å². The third-order valence-corrected chi connectivity index (χ3v) is 3.31. The lowest BCUT2D eigenvalue weighted by Gasteiger charge is -2.15. The lowest BCUT2D eigenvalue weighted by Crippen LogP contribution is -2.23. The van der Waals surface area contributed by atoms with Crippen LogP contribution in [0.15, 0.2) is 0 Å². The van der Waals surface area contributed by atoms with Crippen LogP contribution in [0.1, 0.15) is 13.8 Å². The molecule has 0 aliphatic rings. The summed E-state index contributed by atoms with van der Waals surface area (Å²) in [5, 5.41) is 8.57. The molecule has 0 saturated carbocycles. The number of thioether (sulfide) groups is 1. The number of ether oxygens (including phenoxy) is 2. The van der Waals surface area contributed by atoms with Crippen molar-refractivity contribution >= 4 is 17.7 Å². The van der Waals surface area contributed by atoms with Crippen molar-refractivity contribution < 1.29 is 19.4 Å². The van der Waals surface area contributed by atoms with Crippen molar-refractivity contribution in [3.63, 3.8) is 0 Å². The van der Waals surface area contributed by atoms with Crippen molar-refractivity contribution in [3.05, 3.63) is 0 Å². The van der Waals surface area contributed by atoms with Gasteiger partial charge in [0.05, 0.1) is 19.8 Å². The maximum absolute atomic E-state index is 10.8. The van der Waals surface area contributed by atoms with Gasteiger partial charge in [-0.05, 0) is 5.92 Å². The lowest BCUT2D eigenvalue weighted by atomic mass is 10.1. The highest BCUT2D eigenvalue weighted by Gasteiger charge is 2.21. The van der Waals surface area contributed by atoms with Crippen molar-refractivity contribution in [1.29, 1.82) is 0 Å². The first-order valence-electron chi connectivity index (χ1n) is 5.00. The second-order valence-corrected chi connectivity index (χ2v) is 4.73. The van der Waals surface area contributed by atoms with Gasteiger partial charge in [0.15, 0.2) is 0 Å². The molecule has 4 nitrogen and oxygen atoms in total. The fraction of sp³-hybridized carbons (Fsp3) is 0.900. The van der Waals surface area contributed by atoms with Crippen LogP contribution in [-0.2, 0) is 14.3 Å². The molecule has 0 aromatic heterocycles. The maximum Gasteiger partial charge on any atom is 0.316 e. The van der Waals surface area contributed by atoms with Crippen LogP contribution < -0.4 is 0 Å². The Hall–Kier alpha value is -0.260. The molecule has 1 N–H and O–H groups in total. The Bertz CT molecular complexity index is 173. The molecule has 1 unspecified atom stereocenters. The molecule has 0 aromatic carbocycles. The Morgan fingerprint density at radius 2 is 2.00 bits per heavy atom. The van der Waals surface area contributed by atoms with Crippen molar-refractivity contribution in [1.82, 2.24) is 0 Å². The van der Waals surface area contributed by atoms with E-state index in [0.29, 0.717) is 25.6 Å². The van der Waals surface area contributed by atoms with E-state index in [1.54, 1.807) is 7.11 Å². The quantitative estimate of drug-likeness (QED) is 0.615. The normalized spacial score (nSPS) is 13.1. The third kappa shape index (κ3) is 7.64. The van der Waals surface area contributed by atoms with Crippen LogP contribution in [0, 0.1) is 5.92 Å². The Kier molecular flexibility index (Phi) is 8.85. The summed E-state index contributed by atoms with van der Waals surface area (Å²) in [5.41, 5.74) is 0. The number of hydrogen-bond acceptors (Lipinski definition) is 4. The molecule has 0 bridgehead atoms. The van der Waals surface area contributed by atoms with E-state index in [2.05, 4.69) is 0 Å². The number of carboxylic acid groups (broad SMARTS) is 1. The van der Waals surface area contributed by atoms with E-state index in [9.17, 15) is 4.79 Å². The molecule has 0 aliphatic carbocycles. The zero-order chi connectivity index (χ0) is 11.7. The lowest BCUT2D eigenvalue weighted by molar-refractivity contribution is -0.137. The Balaban J connectivity index is 3.50. The fourth-order valence-electron chi connectivity index (χ4n) is 1.03. The van der Waals surface area contributed by atoms with E-state index in [1.165, 1.54) is 11.8 Å². The van der Waals surface area contributed by atoms with Crippen LogP contribution in [0.3, 0.4) is 0 Å². The molecule has 0 aliphatic heterocycles. The highest BCUT2D eigenvalue weighted by molar-refractivity contribution is 8.00. The predicted molar refractivity (Wildman–Crippen MR) is 61.4 cm³/mol. The van der Waals surface area contributed by atoms with Gasteiger partial charge in [-0.3, -0.25) is 4.79 Å². The topological polar surface area (TPSA) is 55.8 Å². The van der Waals surface area contributed by atoms with Gasteiger partial charge in [0.2, 0.25) is 0 Å². The van der Waals surface area contributed by atoms with Gasteiger partial charge in [-0.1, -0.05) is 13.8 Å². The molecule has 0 heterocycles. The van der Waals surface area contributed by atoms with Crippen molar-refractivity contribution in [2.75, 3.05) is 32.7 Å². The van der Waals surface area contributed by atoms with Crippen LogP contribution >= 0.6 is 11.8 Å². The molecule has 15 heavy (non-hydrogen) atoms. The largest absolute Gasteiger partial charge is 0.480 e. The molecule has 0 aromatic rings. The number of carbonyl (C=O) groups is 1. The van der Waals surface area contributed by atoms with Gasteiger partial charge in [0.25, 0.3) is 0 Å². The smallest absolute Gasteiger partial charge is 0.316 e. The maximum atomic E-state index is 10.8. The molecular formula is C10H20O4S. The second-order valence-electron chi connectivity index (χ2n) is 3.48. The summed E-state index contributed by atoms with van der Waals surface area (Å²) >= 11 is 1.43. The summed E-state index contributed by atoms with van der Waals surface area (Å²) in [6.07, 6.45) is 0. The Morgan fingerprint density at radius 3 is 2.47 bits per heavy atom. The number of rotatable bonds is 9. The minimum absolute atomic E-state index is 0.145. The molecule has 0 fully saturated rings. The molecule has 0 saturated heterocycles. The molecule has 90 valence electrons. The van der Waals surface area contributed by atoms with Crippen LogP contribution in [0.25, 0.3) is 0 Å².